The third-order valence-corrected chi connectivity index (χ3v) is 6.22. The first-order chi connectivity index (χ1) is 15.0. The largest absolute Gasteiger partial charge is 0.337 e. The maximum atomic E-state index is 12.8. The van der Waals surface area contributed by atoms with Crippen LogP contribution in [0.5, 0.6) is 0 Å². The fourth-order valence-electron chi connectivity index (χ4n) is 3.58. The van der Waals surface area contributed by atoms with E-state index in [4.69, 9.17) is 0 Å². The van der Waals surface area contributed by atoms with E-state index in [0.29, 0.717) is 11.3 Å². The molecule has 0 saturated carbocycles. The summed E-state index contributed by atoms with van der Waals surface area (Å²) in [5.41, 5.74) is 2.43. The average molecular weight is 434 g/mol. The fraction of sp³-hybridized carbons (Fsp3) is 0.208. The average Bonchev–Trinajstić information content (AvgIpc) is 3.25. The van der Waals surface area contributed by atoms with Crippen LogP contribution in [0.2, 0.25) is 0 Å². The van der Waals surface area contributed by atoms with Gasteiger partial charge < -0.3 is 9.88 Å². The molecule has 1 N–H and O–H groups in total. The smallest absolute Gasteiger partial charge is 0.293 e. The van der Waals surface area contributed by atoms with Crippen molar-refractivity contribution in [3.63, 3.8) is 0 Å². The summed E-state index contributed by atoms with van der Waals surface area (Å²) in [5, 5.41) is 3.57. The SMILES string of the molecule is CC[C@@H](C)N1C(=O)S/C(=C/c2cn(CC(=O)Nc3ccccc3)c3ccccc23)C1=O. The van der Waals surface area contributed by atoms with Gasteiger partial charge in [-0.05, 0) is 49.4 Å². The maximum absolute atomic E-state index is 12.8. The molecular formula is C24H23N3O3S. The molecule has 0 spiro atoms. The van der Waals surface area contributed by atoms with Gasteiger partial charge in [0.05, 0.1) is 4.91 Å². The number of nitrogens with zero attached hydrogens (tertiary/aromatic N) is 2. The molecule has 1 saturated heterocycles. The Morgan fingerprint density at radius 3 is 2.55 bits per heavy atom. The van der Waals surface area contributed by atoms with Crippen LogP contribution in [0.25, 0.3) is 17.0 Å². The molecule has 1 atom stereocenters. The zero-order chi connectivity index (χ0) is 22.0. The number of aromatic nitrogens is 1. The quantitative estimate of drug-likeness (QED) is 0.548. The van der Waals surface area contributed by atoms with Gasteiger partial charge in [0, 0.05) is 34.4 Å². The summed E-state index contributed by atoms with van der Waals surface area (Å²) in [4.78, 5) is 39.4. The van der Waals surface area contributed by atoms with E-state index in [1.165, 1.54) is 4.90 Å². The molecule has 2 aromatic carbocycles. The molecule has 1 aliphatic heterocycles. The highest BCUT2D eigenvalue weighted by Crippen LogP contribution is 2.35. The standard InChI is InChI=1S/C24H23N3O3S/c1-3-16(2)27-23(29)21(31-24(27)30)13-17-14-26(20-12-8-7-11-19(17)20)15-22(28)25-18-9-5-4-6-10-18/h4-14,16H,3,15H2,1-2H3,(H,25,28)/b21-13+/t16-/m1/s1. The lowest BCUT2D eigenvalue weighted by atomic mass is 10.1. The van der Waals surface area contributed by atoms with Gasteiger partial charge in [0.15, 0.2) is 0 Å². The molecule has 7 heteroatoms. The predicted molar refractivity (Wildman–Crippen MR) is 125 cm³/mol. The van der Waals surface area contributed by atoms with Crippen LogP contribution in [-0.4, -0.2) is 32.6 Å². The second-order valence-corrected chi connectivity index (χ2v) is 8.45. The molecule has 0 unspecified atom stereocenters. The molecule has 2 heterocycles. The molecule has 1 aromatic heterocycles. The zero-order valence-corrected chi connectivity index (χ0v) is 18.2. The molecule has 31 heavy (non-hydrogen) atoms. The number of imide groups is 1. The van der Waals surface area contributed by atoms with Crippen LogP contribution in [0.3, 0.4) is 0 Å². The van der Waals surface area contributed by atoms with Gasteiger partial charge in [-0.2, -0.15) is 0 Å². The molecule has 1 fully saturated rings. The van der Waals surface area contributed by atoms with Crippen molar-refractivity contribution in [2.75, 3.05) is 5.32 Å². The van der Waals surface area contributed by atoms with Gasteiger partial charge in [-0.3, -0.25) is 19.3 Å². The number of thioether (sulfide) groups is 1. The Kier molecular flexibility index (Phi) is 5.95. The van der Waals surface area contributed by atoms with Gasteiger partial charge in [0.1, 0.15) is 6.54 Å². The van der Waals surface area contributed by atoms with Crippen molar-refractivity contribution in [1.82, 2.24) is 9.47 Å². The molecule has 4 rings (SSSR count). The van der Waals surface area contributed by atoms with Gasteiger partial charge in [0.2, 0.25) is 5.91 Å². The maximum Gasteiger partial charge on any atom is 0.293 e. The van der Waals surface area contributed by atoms with Crippen LogP contribution < -0.4 is 5.32 Å². The second kappa shape index (κ2) is 8.81. The highest BCUT2D eigenvalue weighted by atomic mass is 32.2. The van der Waals surface area contributed by atoms with E-state index >= 15 is 0 Å². The Morgan fingerprint density at radius 2 is 1.81 bits per heavy atom. The lowest BCUT2D eigenvalue weighted by Gasteiger charge is -2.19. The minimum Gasteiger partial charge on any atom is -0.337 e. The lowest BCUT2D eigenvalue weighted by Crippen LogP contribution is -2.36. The third kappa shape index (κ3) is 4.27. The summed E-state index contributed by atoms with van der Waals surface area (Å²) in [6, 6.07) is 16.9. The van der Waals surface area contributed by atoms with Gasteiger partial charge in [-0.25, -0.2) is 0 Å². The molecule has 3 aromatic rings. The van der Waals surface area contributed by atoms with Crippen molar-refractivity contribution in [3.8, 4) is 0 Å². The number of benzene rings is 2. The van der Waals surface area contributed by atoms with E-state index in [9.17, 15) is 14.4 Å². The van der Waals surface area contributed by atoms with Crippen molar-refractivity contribution in [2.45, 2.75) is 32.9 Å². The number of hydrogen-bond acceptors (Lipinski definition) is 4. The predicted octanol–water partition coefficient (Wildman–Crippen LogP) is 5.11. The molecule has 3 amide bonds. The summed E-state index contributed by atoms with van der Waals surface area (Å²) in [6.07, 6.45) is 4.31. The van der Waals surface area contributed by atoms with E-state index in [-0.39, 0.29) is 29.6 Å². The molecule has 0 radical (unpaired) electrons. The third-order valence-electron chi connectivity index (χ3n) is 5.33. The van der Waals surface area contributed by atoms with E-state index < -0.39 is 0 Å². The normalized spacial score (nSPS) is 16.3. The van der Waals surface area contributed by atoms with Crippen LogP contribution in [0.4, 0.5) is 10.5 Å². The number of carbonyl (C=O) groups is 3. The first-order valence-corrected chi connectivity index (χ1v) is 11.0. The second-order valence-electron chi connectivity index (χ2n) is 7.45. The number of fused-ring (bicyclic) bond motifs is 1. The number of carbonyl (C=O) groups excluding carboxylic acids is 3. The van der Waals surface area contributed by atoms with E-state index in [0.717, 1.165) is 33.9 Å². The summed E-state index contributed by atoms with van der Waals surface area (Å²) < 4.78 is 1.86. The molecule has 6 nitrogen and oxygen atoms in total. The zero-order valence-electron chi connectivity index (χ0n) is 17.4. The monoisotopic (exact) mass is 433 g/mol. The van der Waals surface area contributed by atoms with Crippen molar-refractivity contribution < 1.29 is 14.4 Å². The minimum atomic E-state index is -0.261. The number of para-hydroxylation sites is 2. The van der Waals surface area contributed by atoms with Crippen LogP contribution in [0.1, 0.15) is 25.8 Å². The lowest BCUT2D eigenvalue weighted by molar-refractivity contribution is -0.124. The number of nitrogens with one attached hydrogen (secondary N) is 1. The molecular weight excluding hydrogens is 410 g/mol. The molecule has 1 aliphatic rings. The summed E-state index contributed by atoms with van der Waals surface area (Å²) >= 11 is 0.964. The Hall–Kier alpha value is -3.32. The van der Waals surface area contributed by atoms with Crippen molar-refractivity contribution in [3.05, 3.63) is 71.3 Å². The number of amides is 3. The van der Waals surface area contributed by atoms with E-state index in [1.54, 1.807) is 6.08 Å². The van der Waals surface area contributed by atoms with Crippen molar-refractivity contribution >= 4 is 51.5 Å². The van der Waals surface area contributed by atoms with Gasteiger partial charge >= 0.3 is 0 Å². The highest BCUT2D eigenvalue weighted by Gasteiger charge is 2.37. The summed E-state index contributed by atoms with van der Waals surface area (Å²) in [7, 11) is 0. The Balaban J connectivity index is 1.63. The minimum absolute atomic E-state index is 0.137. The van der Waals surface area contributed by atoms with Crippen LogP contribution in [0, 0.1) is 0 Å². The molecule has 158 valence electrons. The first-order valence-electron chi connectivity index (χ1n) is 10.2. The van der Waals surface area contributed by atoms with Crippen molar-refractivity contribution in [2.24, 2.45) is 0 Å². The highest BCUT2D eigenvalue weighted by molar-refractivity contribution is 8.18. The van der Waals surface area contributed by atoms with Gasteiger partial charge in [0.25, 0.3) is 11.1 Å². The van der Waals surface area contributed by atoms with Gasteiger partial charge in [-0.15, -0.1) is 0 Å². The van der Waals surface area contributed by atoms with Crippen LogP contribution >= 0.6 is 11.8 Å². The Morgan fingerprint density at radius 1 is 1.10 bits per heavy atom. The fourth-order valence-corrected chi connectivity index (χ4v) is 4.50. The molecule has 0 bridgehead atoms. The Labute approximate surface area is 184 Å². The van der Waals surface area contributed by atoms with Crippen LogP contribution in [0.15, 0.2) is 65.7 Å². The Bertz CT molecular complexity index is 1180. The van der Waals surface area contributed by atoms with E-state index in [1.807, 2.05) is 79.2 Å². The number of anilines is 1. The first kappa shape index (κ1) is 20.9. The summed E-state index contributed by atoms with van der Waals surface area (Å²) in [6.45, 7) is 3.96. The molecule has 0 aliphatic carbocycles. The van der Waals surface area contributed by atoms with Gasteiger partial charge in [-0.1, -0.05) is 43.3 Å². The summed E-state index contributed by atoms with van der Waals surface area (Å²) in [5.74, 6) is -0.404. The number of rotatable bonds is 6. The van der Waals surface area contributed by atoms with Crippen LogP contribution in [-0.2, 0) is 16.1 Å². The topological polar surface area (TPSA) is 71.4 Å². The number of hydrogen-bond donors (Lipinski definition) is 1. The van der Waals surface area contributed by atoms with Crippen molar-refractivity contribution in [1.29, 1.82) is 0 Å². The van der Waals surface area contributed by atoms with E-state index in [2.05, 4.69) is 5.32 Å².